The average molecular weight is 489 g/mol. The molecule has 1 N–H and O–H groups in total. The summed E-state index contributed by atoms with van der Waals surface area (Å²) in [6, 6.07) is 11.3. The van der Waals surface area contributed by atoms with Crippen LogP contribution in [0, 0.1) is 6.92 Å². The van der Waals surface area contributed by atoms with Gasteiger partial charge in [0.15, 0.2) is 16.5 Å². The Morgan fingerprint density at radius 3 is 2.49 bits per heavy atom. The molecule has 0 aliphatic carbocycles. The number of likely N-dealkylation sites (tertiary alicyclic amines) is 1. The van der Waals surface area contributed by atoms with E-state index in [2.05, 4.69) is 15.3 Å². The van der Waals surface area contributed by atoms with E-state index in [4.69, 9.17) is 5.10 Å². The van der Waals surface area contributed by atoms with E-state index < -0.39 is 5.54 Å². The molecule has 1 saturated heterocycles. The molecule has 3 aromatic heterocycles. The average Bonchev–Trinajstić information content (AvgIpc) is 3.54. The third-order valence-corrected chi connectivity index (χ3v) is 7.17. The largest absolute Gasteiger partial charge is 0.330 e. The van der Waals surface area contributed by atoms with Crippen molar-refractivity contribution in [3.8, 4) is 0 Å². The fourth-order valence-corrected chi connectivity index (χ4v) is 5.33. The minimum atomic E-state index is -0.390. The first-order valence-electron chi connectivity index (χ1n) is 11.7. The number of fused-ring (bicyclic) bond motifs is 1. The molecule has 0 saturated carbocycles. The van der Waals surface area contributed by atoms with Gasteiger partial charge in [-0.1, -0.05) is 29.0 Å². The van der Waals surface area contributed by atoms with Crippen molar-refractivity contribution in [1.82, 2.24) is 24.6 Å². The number of carbonyl (C=O) groups is 2. The molecule has 35 heavy (non-hydrogen) atoms. The first kappa shape index (κ1) is 23.2. The fraction of sp³-hybridized carbons (Fsp3) is 0.346. The molecule has 1 fully saturated rings. The van der Waals surface area contributed by atoms with Gasteiger partial charge >= 0.3 is 0 Å². The highest BCUT2D eigenvalue weighted by atomic mass is 32.1. The Morgan fingerprint density at radius 2 is 1.80 bits per heavy atom. The minimum absolute atomic E-state index is 0.00558. The lowest BCUT2D eigenvalue weighted by molar-refractivity contribution is 0.0729. The summed E-state index contributed by atoms with van der Waals surface area (Å²) in [5, 5.41) is 8.07. The number of benzene rings is 1. The fourth-order valence-electron chi connectivity index (χ4n) is 4.42. The van der Waals surface area contributed by atoms with E-state index >= 15 is 0 Å². The molecule has 1 atom stereocenters. The lowest BCUT2D eigenvalue weighted by Crippen LogP contribution is -2.31. The van der Waals surface area contributed by atoms with Gasteiger partial charge in [-0.3, -0.25) is 19.9 Å². The van der Waals surface area contributed by atoms with Crippen molar-refractivity contribution in [3.63, 3.8) is 0 Å². The van der Waals surface area contributed by atoms with Crippen molar-refractivity contribution in [3.05, 3.63) is 71.2 Å². The first-order chi connectivity index (χ1) is 16.7. The maximum absolute atomic E-state index is 13.8. The lowest BCUT2D eigenvalue weighted by Gasteiger charge is -2.24. The number of anilines is 1. The summed E-state index contributed by atoms with van der Waals surface area (Å²) in [7, 11) is 0. The molecule has 0 radical (unpaired) electrons. The molecule has 1 aliphatic heterocycles. The number of nitrogens with zero attached hydrogens (tertiary/aromatic N) is 5. The molecule has 9 heteroatoms. The highest BCUT2D eigenvalue weighted by Crippen LogP contribution is 2.37. The summed E-state index contributed by atoms with van der Waals surface area (Å²) in [4.78, 5) is 37.3. The molecule has 4 heterocycles. The van der Waals surface area contributed by atoms with Gasteiger partial charge in [-0.2, -0.15) is 10.1 Å². The summed E-state index contributed by atoms with van der Waals surface area (Å²) < 4.78 is 2.47. The molecule has 1 unspecified atom stereocenters. The number of aromatic nitrogens is 4. The zero-order chi connectivity index (χ0) is 24.7. The zero-order valence-corrected chi connectivity index (χ0v) is 21.1. The monoisotopic (exact) mass is 488 g/mol. The number of thiazole rings is 1. The number of hydrogen-bond acceptors (Lipinski definition) is 6. The predicted molar refractivity (Wildman–Crippen MR) is 137 cm³/mol. The van der Waals surface area contributed by atoms with Crippen molar-refractivity contribution in [2.45, 2.75) is 52.1 Å². The van der Waals surface area contributed by atoms with Crippen molar-refractivity contribution >= 4 is 38.6 Å². The van der Waals surface area contributed by atoms with E-state index in [1.54, 1.807) is 29.2 Å². The normalized spacial score (nSPS) is 16.1. The second-order valence-electron chi connectivity index (χ2n) is 9.86. The molecule has 180 valence electrons. The Balaban J connectivity index is 1.50. The quantitative estimate of drug-likeness (QED) is 0.427. The molecular weight excluding hydrogens is 460 g/mol. The third kappa shape index (κ3) is 4.43. The van der Waals surface area contributed by atoms with E-state index in [0.29, 0.717) is 33.3 Å². The number of carbonyl (C=O) groups excluding carboxylic acids is 2. The van der Waals surface area contributed by atoms with Gasteiger partial charge in [-0.05, 0) is 70.4 Å². The summed E-state index contributed by atoms with van der Waals surface area (Å²) in [5.41, 5.74) is 3.31. The maximum atomic E-state index is 13.8. The molecule has 4 aromatic rings. The highest BCUT2D eigenvalue weighted by molar-refractivity contribution is 7.22. The molecule has 5 rings (SSSR count). The number of rotatable bonds is 4. The number of pyridine rings is 1. The standard InChI is InChI=1S/C26H28N6O2S/c1-16-7-9-18(10-8-16)23(33)29-25-28-22-21(35-25)20(30-32(22)26(2,3)4)24(34)31-15-5-6-19(31)17-11-13-27-14-12-17/h7-14,19H,5-6,15H2,1-4H3,(H,28,29,33). The number of nitrogens with one attached hydrogen (secondary N) is 1. The van der Waals surface area contributed by atoms with Gasteiger partial charge in [0, 0.05) is 24.5 Å². The van der Waals surface area contributed by atoms with Crippen LogP contribution in [0.3, 0.4) is 0 Å². The van der Waals surface area contributed by atoms with E-state index in [1.165, 1.54) is 11.3 Å². The summed E-state index contributed by atoms with van der Waals surface area (Å²) >= 11 is 1.29. The highest BCUT2D eigenvalue weighted by Gasteiger charge is 2.35. The molecule has 1 aliphatic rings. The molecular formula is C26H28N6O2S. The molecule has 2 amide bonds. The molecule has 0 bridgehead atoms. The van der Waals surface area contributed by atoms with Gasteiger partial charge < -0.3 is 4.90 Å². The SMILES string of the molecule is Cc1ccc(C(=O)Nc2nc3c(s2)c(C(=O)N2CCCC2c2ccncc2)nn3C(C)(C)C)cc1. The second kappa shape index (κ2) is 8.88. The van der Waals surface area contributed by atoms with Crippen LogP contribution >= 0.6 is 11.3 Å². The van der Waals surface area contributed by atoms with E-state index in [1.807, 2.05) is 56.9 Å². The van der Waals surface area contributed by atoms with Gasteiger partial charge in [0.2, 0.25) is 0 Å². The van der Waals surface area contributed by atoms with Crippen LogP contribution in [0.5, 0.6) is 0 Å². The number of amides is 2. The van der Waals surface area contributed by atoms with Gasteiger partial charge in [0.1, 0.15) is 4.70 Å². The zero-order valence-electron chi connectivity index (χ0n) is 20.3. The Bertz CT molecular complexity index is 1390. The lowest BCUT2D eigenvalue weighted by atomic mass is 10.1. The summed E-state index contributed by atoms with van der Waals surface area (Å²) in [6.07, 6.45) is 5.35. The molecule has 8 nitrogen and oxygen atoms in total. The van der Waals surface area contributed by atoms with Crippen molar-refractivity contribution in [2.75, 3.05) is 11.9 Å². The Labute approximate surface area is 208 Å². The van der Waals surface area contributed by atoms with Crippen LogP contribution in [0.1, 0.15) is 71.6 Å². The maximum Gasteiger partial charge on any atom is 0.276 e. The van der Waals surface area contributed by atoms with Crippen molar-refractivity contribution in [1.29, 1.82) is 0 Å². The van der Waals surface area contributed by atoms with Crippen molar-refractivity contribution in [2.24, 2.45) is 0 Å². The van der Waals surface area contributed by atoms with Crippen LogP contribution in [0.2, 0.25) is 0 Å². The predicted octanol–water partition coefficient (Wildman–Crippen LogP) is 5.18. The first-order valence-corrected chi connectivity index (χ1v) is 12.5. The minimum Gasteiger partial charge on any atom is -0.330 e. The van der Waals surface area contributed by atoms with Crippen LogP contribution in [0.25, 0.3) is 10.3 Å². The summed E-state index contributed by atoms with van der Waals surface area (Å²) in [5.74, 6) is -0.348. The summed E-state index contributed by atoms with van der Waals surface area (Å²) in [6.45, 7) is 8.71. The van der Waals surface area contributed by atoms with Crippen molar-refractivity contribution < 1.29 is 9.59 Å². The van der Waals surface area contributed by atoms with Crippen LogP contribution in [-0.2, 0) is 5.54 Å². The number of hydrogen-bond donors (Lipinski definition) is 1. The Hall–Kier alpha value is -3.59. The smallest absolute Gasteiger partial charge is 0.276 e. The third-order valence-electron chi connectivity index (χ3n) is 6.20. The van der Waals surface area contributed by atoms with E-state index in [0.717, 1.165) is 24.0 Å². The van der Waals surface area contributed by atoms with Crippen LogP contribution in [0.15, 0.2) is 48.8 Å². The molecule has 0 spiro atoms. The van der Waals surface area contributed by atoms with Crippen LogP contribution < -0.4 is 5.32 Å². The Kier molecular flexibility index (Phi) is 5.88. The van der Waals surface area contributed by atoms with Gasteiger partial charge in [0.05, 0.1) is 11.6 Å². The van der Waals surface area contributed by atoms with Crippen LogP contribution in [0.4, 0.5) is 5.13 Å². The van der Waals surface area contributed by atoms with Gasteiger partial charge in [-0.25, -0.2) is 4.68 Å². The second-order valence-corrected chi connectivity index (χ2v) is 10.9. The van der Waals surface area contributed by atoms with Crippen LogP contribution in [-0.4, -0.2) is 43.0 Å². The van der Waals surface area contributed by atoms with Gasteiger partial charge in [0.25, 0.3) is 11.8 Å². The molecule has 1 aromatic carbocycles. The van der Waals surface area contributed by atoms with Gasteiger partial charge in [-0.15, -0.1) is 0 Å². The topological polar surface area (TPSA) is 93.0 Å². The number of aryl methyl sites for hydroxylation is 1. The van der Waals surface area contributed by atoms with E-state index in [9.17, 15) is 9.59 Å². The van der Waals surface area contributed by atoms with E-state index in [-0.39, 0.29) is 17.9 Å². The Morgan fingerprint density at radius 1 is 1.09 bits per heavy atom.